The van der Waals surface area contributed by atoms with Gasteiger partial charge in [0.25, 0.3) is 0 Å². The zero-order valence-electron chi connectivity index (χ0n) is 15.8. The Morgan fingerprint density at radius 1 is 0.897 bits per heavy atom. The molecule has 1 saturated carbocycles. The Morgan fingerprint density at radius 3 is 2.48 bits per heavy atom. The Hall–Kier alpha value is -2.50. The SMILES string of the molecule is O=S(=O)(Nc1cccc(C=C2c3ccccc3CSc3ccccc32)c1)C1CC1. The van der Waals surface area contributed by atoms with Crippen molar-refractivity contribution in [2.24, 2.45) is 0 Å². The molecule has 0 radical (unpaired) electrons. The van der Waals surface area contributed by atoms with Gasteiger partial charge in [0, 0.05) is 16.3 Å². The highest BCUT2D eigenvalue weighted by Gasteiger charge is 2.35. The molecule has 0 unspecified atom stereocenters. The van der Waals surface area contributed by atoms with Crippen LogP contribution in [0.1, 0.15) is 35.1 Å². The summed E-state index contributed by atoms with van der Waals surface area (Å²) in [6.45, 7) is 0. The molecule has 3 aromatic carbocycles. The van der Waals surface area contributed by atoms with Crippen LogP contribution >= 0.6 is 11.8 Å². The largest absolute Gasteiger partial charge is 0.283 e. The maximum atomic E-state index is 12.3. The molecule has 0 amide bonds. The molecule has 1 N–H and O–H groups in total. The minimum absolute atomic E-state index is 0.234. The van der Waals surface area contributed by atoms with E-state index in [1.165, 1.54) is 27.2 Å². The first-order valence-corrected chi connectivity index (χ1v) is 12.3. The third kappa shape index (κ3) is 3.85. The van der Waals surface area contributed by atoms with Crippen LogP contribution in [-0.2, 0) is 15.8 Å². The lowest BCUT2D eigenvalue weighted by Gasteiger charge is -2.12. The summed E-state index contributed by atoms with van der Waals surface area (Å²) in [5.74, 6) is 0.936. The minimum Gasteiger partial charge on any atom is -0.283 e. The molecule has 29 heavy (non-hydrogen) atoms. The van der Waals surface area contributed by atoms with Gasteiger partial charge in [0.2, 0.25) is 10.0 Å². The molecule has 1 aliphatic carbocycles. The first-order chi connectivity index (χ1) is 14.1. The quantitative estimate of drug-likeness (QED) is 0.583. The molecular formula is C24H21NO2S2. The summed E-state index contributed by atoms with van der Waals surface area (Å²) in [6, 6.07) is 24.6. The van der Waals surface area contributed by atoms with E-state index in [9.17, 15) is 8.42 Å². The Bertz CT molecular complexity index is 1160. The van der Waals surface area contributed by atoms with E-state index in [1.54, 1.807) is 0 Å². The molecule has 1 heterocycles. The second kappa shape index (κ2) is 7.39. The summed E-state index contributed by atoms with van der Waals surface area (Å²) in [6.07, 6.45) is 3.67. The standard InChI is InChI=1S/C24H21NO2S2/c26-29(27,20-12-13-20)25-19-8-5-6-17(14-19)15-23-21-9-2-1-7-18(21)16-28-24-11-4-3-10-22(23)24/h1-11,14-15,20,25H,12-13,16H2. The lowest BCUT2D eigenvalue weighted by Crippen LogP contribution is -2.17. The van der Waals surface area contributed by atoms with Crippen molar-refractivity contribution in [3.8, 4) is 0 Å². The van der Waals surface area contributed by atoms with Crippen LogP contribution in [-0.4, -0.2) is 13.7 Å². The fourth-order valence-corrected chi connectivity index (χ4v) is 6.11. The van der Waals surface area contributed by atoms with E-state index in [0.29, 0.717) is 5.69 Å². The average molecular weight is 420 g/mol. The monoisotopic (exact) mass is 419 g/mol. The Labute approximate surface area is 175 Å². The fourth-order valence-electron chi connectivity index (χ4n) is 3.66. The van der Waals surface area contributed by atoms with Gasteiger partial charge in [0.05, 0.1) is 5.25 Å². The van der Waals surface area contributed by atoms with E-state index in [1.807, 2.05) is 36.0 Å². The normalized spacial score (nSPS) is 17.3. The molecule has 2 aliphatic rings. The lowest BCUT2D eigenvalue weighted by atomic mass is 9.92. The van der Waals surface area contributed by atoms with Gasteiger partial charge in [0.1, 0.15) is 0 Å². The number of rotatable bonds is 4. The number of hydrogen-bond donors (Lipinski definition) is 1. The van der Waals surface area contributed by atoms with Crippen molar-refractivity contribution >= 4 is 39.1 Å². The number of sulfonamides is 1. The summed E-state index contributed by atoms with van der Waals surface area (Å²) in [5, 5.41) is -0.234. The van der Waals surface area contributed by atoms with Gasteiger partial charge in [-0.1, -0.05) is 54.6 Å². The molecule has 1 fully saturated rings. The van der Waals surface area contributed by atoms with Crippen LogP contribution in [0.2, 0.25) is 0 Å². The number of thioether (sulfide) groups is 1. The predicted octanol–water partition coefficient (Wildman–Crippen LogP) is 5.79. The molecular weight excluding hydrogens is 398 g/mol. The highest BCUT2D eigenvalue weighted by Crippen LogP contribution is 2.41. The molecule has 0 spiro atoms. The van der Waals surface area contributed by atoms with Crippen LogP contribution in [0.25, 0.3) is 11.6 Å². The van der Waals surface area contributed by atoms with Crippen LogP contribution in [0.3, 0.4) is 0 Å². The summed E-state index contributed by atoms with van der Waals surface area (Å²) in [4.78, 5) is 1.26. The van der Waals surface area contributed by atoms with Gasteiger partial charge < -0.3 is 0 Å². The van der Waals surface area contributed by atoms with E-state index in [2.05, 4.69) is 59.3 Å². The van der Waals surface area contributed by atoms with E-state index < -0.39 is 10.0 Å². The molecule has 5 rings (SSSR count). The lowest BCUT2D eigenvalue weighted by molar-refractivity contribution is 0.600. The number of hydrogen-bond acceptors (Lipinski definition) is 3. The van der Waals surface area contributed by atoms with E-state index in [4.69, 9.17) is 0 Å². The van der Waals surface area contributed by atoms with Crippen molar-refractivity contribution < 1.29 is 8.42 Å². The summed E-state index contributed by atoms with van der Waals surface area (Å²) < 4.78 is 27.4. The average Bonchev–Trinajstić information content (AvgIpc) is 3.57. The number of fused-ring (bicyclic) bond motifs is 2. The second-order valence-electron chi connectivity index (χ2n) is 7.47. The summed E-state index contributed by atoms with van der Waals surface area (Å²) >= 11 is 1.86. The maximum absolute atomic E-state index is 12.3. The molecule has 0 atom stereocenters. The van der Waals surface area contributed by atoms with Gasteiger partial charge in [-0.15, -0.1) is 11.8 Å². The van der Waals surface area contributed by atoms with Crippen molar-refractivity contribution in [1.29, 1.82) is 0 Å². The number of benzene rings is 3. The second-order valence-corrected chi connectivity index (χ2v) is 10.4. The van der Waals surface area contributed by atoms with Gasteiger partial charge in [-0.05, 0) is 64.9 Å². The van der Waals surface area contributed by atoms with Crippen LogP contribution in [0.4, 0.5) is 5.69 Å². The van der Waals surface area contributed by atoms with Crippen molar-refractivity contribution in [1.82, 2.24) is 0 Å². The van der Waals surface area contributed by atoms with Gasteiger partial charge in [-0.2, -0.15) is 0 Å². The van der Waals surface area contributed by atoms with Crippen molar-refractivity contribution in [3.05, 3.63) is 95.1 Å². The Balaban J connectivity index is 1.59. The third-order valence-electron chi connectivity index (χ3n) is 5.29. The summed E-state index contributed by atoms with van der Waals surface area (Å²) in [5.41, 5.74) is 6.53. The smallest absolute Gasteiger partial charge is 0.235 e. The van der Waals surface area contributed by atoms with Crippen LogP contribution in [0, 0.1) is 0 Å². The van der Waals surface area contributed by atoms with Gasteiger partial charge in [-0.25, -0.2) is 8.42 Å². The zero-order valence-corrected chi connectivity index (χ0v) is 17.5. The molecule has 3 nitrogen and oxygen atoms in total. The molecule has 0 bridgehead atoms. The van der Waals surface area contributed by atoms with Crippen molar-refractivity contribution in [2.75, 3.05) is 4.72 Å². The topological polar surface area (TPSA) is 46.2 Å². The van der Waals surface area contributed by atoms with Gasteiger partial charge >= 0.3 is 0 Å². The first-order valence-electron chi connectivity index (χ1n) is 9.74. The van der Waals surface area contributed by atoms with Crippen LogP contribution in [0.15, 0.2) is 77.7 Å². The Morgan fingerprint density at radius 2 is 1.66 bits per heavy atom. The maximum Gasteiger partial charge on any atom is 0.235 e. The first kappa shape index (κ1) is 18.5. The van der Waals surface area contributed by atoms with E-state index in [-0.39, 0.29) is 5.25 Å². The highest BCUT2D eigenvalue weighted by molar-refractivity contribution is 7.98. The van der Waals surface area contributed by atoms with E-state index in [0.717, 1.165) is 24.2 Å². The molecule has 146 valence electrons. The van der Waals surface area contributed by atoms with Crippen molar-refractivity contribution in [2.45, 2.75) is 28.7 Å². The summed E-state index contributed by atoms with van der Waals surface area (Å²) in [7, 11) is -3.27. The third-order valence-corrected chi connectivity index (χ3v) is 8.28. The van der Waals surface area contributed by atoms with Crippen molar-refractivity contribution in [3.63, 3.8) is 0 Å². The number of anilines is 1. The van der Waals surface area contributed by atoms with E-state index >= 15 is 0 Å². The number of nitrogens with one attached hydrogen (secondary N) is 1. The molecule has 1 aliphatic heterocycles. The Kier molecular flexibility index (Phi) is 4.72. The van der Waals surface area contributed by atoms with Crippen LogP contribution in [0.5, 0.6) is 0 Å². The molecule has 3 aromatic rings. The highest BCUT2D eigenvalue weighted by atomic mass is 32.2. The minimum atomic E-state index is -3.27. The molecule has 0 aromatic heterocycles. The molecule has 5 heteroatoms. The van der Waals surface area contributed by atoms with Gasteiger partial charge in [0.15, 0.2) is 0 Å². The fraction of sp³-hybridized carbons (Fsp3) is 0.167. The van der Waals surface area contributed by atoms with Crippen LogP contribution < -0.4 is 4.72 Å². The zero-order chi connectivity index (χ0) is 19.8. The van der Waals surface area contributed by atoms with Gasteiger partial charge in [-0.3, -0.25) is 4.72 Å². The predicted molar refractivity (Wildman–Crippen MR) is 121 cm³/mol. The molecule has 0 saturated heterocycles.